The molecule has 1 amide bonds. The number of amides is 1. The molecule has 35 heavy (non-hydrogen) atoms. The van der Waals surface area contributed by atoms with Crippen LogP contribution in [0.2, 0.25) is 5.02 Å². The fourth-order valence-corrected chi connectivity index (χ4v) is 5.52. The van der Waals surface area contributed by atoms with Gasteiger partial charge in [0, 0.05) is 22.0 Å². The highest BCUT2D eigenvalue weighted by Gasteiger charge is 2.70. The van der Waals surface area contributed by atoms with Crippen LogP contribution in [0.4, 0.5) is 5.69 Å². The smallest absolute Gasteiger partial charge is 0.323 e. The van der Waals surface area contributed by atoms with Crippen LogP contribution in [0.25, 0.3) is 0 Å². The van der Waals surface area contributed by atoms with Crippen molar-refractivity contribution in [3.8, 4) is 0 Å². The Balaban J connectivity index is 2.06. The molecule has 2 aliphatic rings. The van der Waals surface area contributed by atoms with Gasteiger partial charge in [0.15, 0.2) is 0 Å². The molecule has 0 spiro atoms. The van der Waals surface area contributed by atoms with Gasteiger partial charge in [0.1, 0.15) is 17.6 Å². The zero-order valence-corrected chi connectivity index (χ0v) is 21.4. The maximum absolute atomic E-state index is 14.1. The fraction of sp³-hybridized carbons (Fsp3) is 0.444. The number of halogens is 1. The van der Waals surface area contributed by atoms with Gasteiger partial charge in [0.25, 0.3) is 0 Å². The lowest BCUT2D eigenvalue weighted by Gasteiger charge is -2.36. The van der Waals surface area contributed by atoms with E-state index in [4.69, 9.17) is 21.1 Å². The summed E-state index contributed by atoms with van der Waals surface area (Å²) < 4.78 is 11.1. The number of benzene rings is 2. The van der Waals surface area contributed by atoms with E-state index >= 15 is 0 Å². The highest BCUT2D eigenvalue weighted by Crippen LogP contribution is 2.58. The zero-order chi connectivity index (χ0) is 25.5. The number of nitrogens with zero attached hydrogens (tertiary/aromatic N) is 1. The SMILES string of the molecule is CCOC(=O)[C@@H]1N[C@@H]2N(C(=O)C(C)(C)C)c3ccc(Cl)cc3[C@]2(C(=O)OCC)[C@H]1c1ccccc1. The molecule has 2 aromatic carbocycles. The molecule has 0 aliphatic carbocycles. The van der Waals surface area contributed by atoms with Crippen molar-refractivity contribution in [2.45, 2.75) is 58.2 Å². The van der Waals surface area contributed by atoms with Crippen molar-refractivity contribution in [2.75, 3.05) is 18.1 Å². The second-order valence-corrected chi connectivity index (χ2v) is 10.3. The summed E-state index contributed by atoms with van der Waals surface area (Å²) in [6, 6.07) is 13.6. The predicted octanol–water partition coefficient (Wildman–Crippen LogP) is 4.18. The quantitative estimate of drug-likeness (QED) is 0.622. The van der Waals surface area contributed by atoms with Gasteiger partial charge >= 0.3 is 11.9 Å². The molecule has 2 aromatic rings. The largest absolute Gasteiger partial charge is 0.465 e. The minimum atomic E-state index is -1.42. The summed E-state index contributed by atoms with van der Waals surface area (Å²) in [5.74, 6) is -1.92. The van der Waals surface area contributed by atoms with Crippen LogP contribution in [0.5, 0.6) is 0 Å². The molecule has 0 bridgehead atoms. The van der Waals surface area contributed by atoms with E-state index in [1.165, 1.54) is 0 Å². The number of esters is 2. The Morgan fingerprint density at radius 2 is 1.69 bits per heavy atom. The molecule has 0 unspecified atom stereocenters. The third-order valence-electron chi connectivity index (χ3n) is 6.69. The van der Waals surface area contributed by atoms with Crippen LogP contribution in [-0.4, -0.2) is 43.3 Å². The third kappa shape index (κ3) is 3.91. The van der Waals surface area contributed by atoms with E-state index in [9.17, 15) is 14.4 Å². The molecule has 186 valence electrons. The van der Waals surface area contributed by atoms with E-state index in [-0.39, 0.29) is 19.1 Å². The summed E-state index contributed by atoms with van der Waals surface area (Å²) in [7, 11) is 0. The minimum Gasteiger partial charge on any atom is -0.465 e. The Labute approximate surface area is 210 Å². The van der Waals surface area contributed by atoms with E-state index in [1.807, 2.05) is 51.1 Å². The van der Waals surface area contributed by atoms with Crippen molar-refractivity contribution in [3.63, 3.8) is 0 Å². The van der Waals surface area contributed by atoms with Crippen LogP contribution in [0.1, 0.15) is 51.7 Å². The summed E-state index contributed by atoms with van der Waals surface area (Å²) in [4.78, 5) is 42.7. The highest BCUT2D eigenvalue weighted by atomic mass is 35.5. The number of ether oxygens (including phenoxy) is 2. The lowest BCUT2D eigenvalue weighted by Crippen LogP contribution is -2.57. The van der Waals surface area contributed by atoms with Gasteiger partial charge in [-0.15, -0.1) is 0 Å². The second-order valence-electron chi connectivity index (χ2n) is 9.86. The first-order valence-corrected chi connectivity index (χ1v) is 12.2. The number of fused-ring (bicyclic) bond motifs is 3. The van der Waals surface area contributed by atoms with Crippen LogP contribution in [0, 0.1) is 5.41 Å². The molecule has 7 nitrogen and oxygen atoms in total. The van der Waals surface area contributed by atoms with Gasteiger partial charge in [-0.25, -0.2) is 0 Å². The Morgan fingerprint density at radius 1 is 1.03 bits per heavy atom. The number of anilines is 1. The zero-order valence-electron chi connectivity index (χ0n) is 20.6. The van der Waals surface area contributed by atoms with Gasteiger partial charge in [-0.05, 0) is 43.2 Å². The summed E-state index contributed by atoms with van der Waals surface area (Å²) in [6.45, 7) is 9.25. The molecule has 4 rings (SSSR count). The fourth-order valence-electron chi connectivity index (χ4n) is 5.35. The molecule has 4 atom stereocenters. The summed E-state index contributed by atoms with van der Waals surface area (Å²) >= 11 is 6.45. The van der Waals surface area contributed by atoms with E-state index < -0.39 is 40.9 Å². The average Bonchev–Trinajstić information content (AvgIpc) is 3.29. The number of nitrogens with one attached hydrogen (secondary N) is 1. The molecule has 2 aliphatic heterocycles. The van der Waals surface area contributed by atoms with E-state index in [0.717, 1.165) is 5.56 Å². The topological polar surface area (TPSA) is 84.9 Å². The lowest BCUT2D eigenvalue weighted by atomic mass is 9.67. The second kappa shape index (κ2) is 9.28. The van der Waals surface area contributed by atoms with Gasteiger partial charge in [-0.3, -0.25) is 24.6 Å². The Bertz CT molecular complexity index is 1150. The average molecular weight is 499 g/mol. The van der Waals surface area contributed by atoms with Gasteiger partial charge in [-0.2, -0.15) is 0 Å². The molecular formula is C27H31ClN2O5. The Kier molecular flexibility index (Phi) is 6.68. The first-order valence-electron chi connectivity index (χ1n) is 11.9. The van der Waals surface area contributed by atoms with Crippen LogP contribution in [-0.2, 0) is 29.3 Å². The van der Waals surface area contributed by atoms with Gasteiger partial charge in [0.05, 0.1) is 13.2 Å². The van der Waals surface area contributed by atoms with Crippen molar-refractivity contribution in [2.24, 2.45) is 5.41 Å². The lowest BCUT2D eigenvalue weighted by molar-refractivity contribution is -0.151. The van der Waals surface area contributed by atoms with Crippen molar-refractivity contribution >= 4 is 35.1 Å². The maximum Gasteiger partial charge on any atom is 0.323 e. The number of hydrogen-bond acceptors (Lipinski definition) is 6. The van der Waals surface area contributed by atoms with Crippen molar-refractivity contribution in [1.29, 1.82) is 0 Å². The maximum atomic E-state index is 14.1. The van der Waals surface area contributed by atoms with Crippen LogP contribution < -0.4 is 10.2 Å². The molecule has 8 heteroatoms. The molecule has 1 fully saturated rings. The van der Waals surface area contributed by atoms with Crippen LogP contribution >= 0.6 is 11.6 Å². The van der Waals surface area contributed by atoms with Gasteiger partial charge in [0.2, 0.25) is 5.91 Å². The first kappa shape index (κ1) is 25.2. The standard InChI is InChI=1S/C27H31ClN2O5/c1-6-34-22(31)21-20(16-11-9-8-10-12-16)27(25(33)35-7-2)18-15-17(28)13-14-19(18)30(23(27)29-21)24(32)26(3,4)5/h8-15,20-21,23,29H,6-7H2,1-5H3/t20-,21+,23+,27-/m0/s1. The van der Waals surface area contributed by atoms with E-state index in [2.05, 4.69) is 5.32 Å². The summed E-state index contributed by atoms with van der Waals surface area (Å²) in [6.07, 6.45) is -0.874. The van der Waals surface area contributed by atoms with Crippen LogP contribution in [0.15, 0.2) is 48.5 Å². The third-order valence-corrected chi connectivity index (χ3v) is 6.92. The van der Waals surface area contributed by atoms with Crippen molar-refractivity contribution in [1.82, 2.24) is 5.32 Å². The molecule has 0 saturated carbocycles. The van der Waals surface area contributed by atoms with E-state index in [1.54, 1.807) is 36.9 Å². The van der Waals surface area contributed by atoms with Crippen LogP contribution in [0.3, 0.4) is 0 Å². The minimum absolute atomic E-state index is 0.141. The monoisotopic (exact) mass is 498 g/mol. The normalized spacial score (nSPS) is 25.1. The number of rotatable bonds is 5. The van der Waals surface area contributed by atoms with E-state index in [0.29, 0.717) is 16.3 Å². The predicted molar refractivity (Wildman–Crippen MR) is 133 cm³/mol. The van der Waals surface area contributed by atoms with Crippen molar-refractivity contribution in [3.05, 3.63) is 64.7 Å². The molecule has 0 aromatic heterocycles. The van der Waals surface area contributed by atoms with Gasteiger partial charge in [-0.1, -0.05) is 62.7 Å². The molecule has 1 saturated heterocycles. The molecule has 0 radical (unpaired) electrons. The molecule has 2 heterocycles. The first-order chi connectivity index (χ1) is 16.6. The highest BCUT2D eigenvalue weighted by molar-refractivity contribution is 6.31. The molecular weight excluding hydrogens is 468 g/mol. The Hall–Kier alpha value is -2.90. The molecule has 1 N–H and O–H groups in total. The van der Waals surface area contributed by atoms with Gasteiger partial charge < -0.3 is 9.47 Å². The Morgan fingerprint density at radius 3 is 2.29 bits per heavy atom. The summed E-state index contributed by atoms with van der Waals surface area (Å²) in [5.41, 5.74) is -0.296. The number of carbonyl (C=O) groups excluding carboxylic acids is 3. The summed E-state index contributed by atoms with van der Waals surface area (Å²) in [5, 5.41) is 3.74. The number of hydrogen-bond donors (Lipinski definition) is 1. The number of carbonyl (C=O) groups is 3. The van der Waals surface area contributed by atoms with Crippen molar-refractivity contribution < 1.29 is 23.9 Å².